The zero-order valence-corrected chi connectivity index (χ0v) is 10.5. The van der Waals surface area contributed by atoms with Crippen LogP contribution in [0.25, 0.3) is 0 Å². The minimum Gasteiger partial charge on any atom is -0.417 e. The first-order valence-electron chi connectivity index (χ1n) is 4.69. The van der Waals surface area contributed by atoms with Crippen molar-refractivity contribution in [3.63, 3.8) is 0 Å². The second-order valence-corrected chi connectivity index (χ2v) is 4.92. The first-order chi connectivity index (χ1) is 8.98. The molecule has 0 bridgehead atoms. The van der Waals surface area contributed by atoms with Gasteiger partial charge in [0.2, 0.25) is 17.4 Å². The summed E-state index contributed by atoms with van der Waals surface area (Å²) in [5, 5.41) is 0. The third kappa shape index (κ3) is 2.80. The molecule has 0 spiro atoms. The average molecular weight is 314 g/mol. The molecule has 0 fully saturated rings. The topological polar surface area (TPSA) is 80.7 Å². The van der Waals surface area contributed by atoms with Gasteiger partial charge >= 0.3 is 16.1 Å². The highest BCUT2D eigenvalue weighted by atomic mass is 32.2. The van der Waals surface area contributed by atoms with Gasteiger partial charge in [-0.05, 0) is 6.92 Å². The van der Waals surface area contributed by atoms with Gasteiger partial charge in [-0.25, -0.2) is 13.6 Å². The lowest BCUT2D eigenvalue weighted by Crippen LogP contribution is -2.16. The van der Waals surface area contributed by atoms with E-state index in [1.165, 1.54) is 0 Å². The Bertz CT molecular complexity index is 682. The molecule has 110 valence electrons. The number of halogens is 4. The van der Waals surface area contributed by atoms with Gasteiger partial charge in [0, 0.05) is 5.57 Å². The van der Waals surface area contributed by atoms with Crippen LogP contribution in [0, 0.1) is 23.3 Å². The number of ether oxygens (including phenoxy) is 1. The summed E-state index contributed by atoms with van der Waals surface area (Å²) in [4.78, 5) is 8.83. The third-order valence-corrected chi connectivity index (χ3v) is 2.86. The standard InChI is InChI=1S/C10H6F4O5S/c1-3(2)10(15)19-8-4(11)6(13)9(20(16,17)18)7(14)5(8)12/h1H2,2H3,(H,16,17,18). The van der Waals surface area contributed by atoms with Crippen LogP contribution >= 0.6 is 0 Å². The molecule has 0 amide bonds. The van der Waals surface area contributed by atoms with E-state index in [4.69, 9.17) is 4.55 Å². The molecule has 20 heavy (non-hydrogen) atoms. The van der Waals surface area contributed by atoms with Crippen LogP contribution in [0.15, 0.2) is 17.0 Å². The van der Waals surface area contributed by atoms with Crippen LogP contribution in [0.5, 0.6) is 5.75 Å². The van der Waals surface area contributed by atoms with Gasteiger partial charge in [-0.15, -0.1) is 0 Å². The first-order valence-corrected chi connectivity index (χ1v) is 6.13. The Morgan fingerprint density at radius 2 is 1.50 bits per heavy atom. The lowest BCUT2D eigenvalue weighted by molar-refractivity contribution is -0.130. The summed E-state index contributed by atoms with van der Waals surface area (Å²) in [6.07, 6.45) is 0. The molecule has 5 nitrogen and oxygen atoms in total. The van der Waals surface area contributed by atoms with Crippen molar-refractivity contribution in [1.29, 1.82) is 0 Å². The smallest absolute Gasteiger partial charge is 0.338 e. The van der Waals surface area contributed by atoms with Crippen molar-refractivity contribution in [2.45, 2.75) is 11.8 Å². The lowest BCUT2D eigenvalue weighted by atomic mass is 10.3. The van der Waals surface area contributed by atoms with E-state index in [0.717, 1.165) is 6.92 Å². The van der Waals surface area contributed by atoms with Crippen molar-refractivity contribution < 1.29 is 40.1 Å². The third-order valence-electron chi connectivity index (χ3n) is 1.98. The number of hydrogen-bond acceptors (Lipinski definition) is 4. The predicted molar refractivity (Wildman–Crippen MR) is 56.5 cm³/mol. The van der Waals surface area contributed by atoms with Gasteiger partial charge in [0.1, 0.15) is 0 Å². The van der Waals surface area contributed by atoms with Gasteiger partial charge in [-0.2, -0.15) is 17.2 Å². The van der Waals surface area contributed by atoms with Crippen LogP contribution in [-0.2, 0) is 14.9 Å². The Hall–Kier alpha value is -1.94. The van der Waals surface area contributed by atoms with Gasteiger partial charge < -0.3 is 4.74 Å². The van der Waals surface area contributed by atoms with Gasteiger partial charge in [-0.3, -0.25) is 4.55 Å². The highest BCUT2D eigenvalue weighted by Gasteiger charge is 2.34. The maximum absolute atomic E-state index is 13.4. The number of rotatable bonds is 3. The Kier molecular flexibility index (Phi) is 4.20. The van der Waals surface area contributed by atoms with Crippen molar-refractivity contribution in [3.05, 3.63) is 35.4 Å². The van der Waals surface area contributed by atoms with Crippen molar-refractivity contribution in [3.8, 4) is 5.75 Å². The largest absolute Gasteiger partial charge is 0.417 e. The van der Waals surface area contributed by atoms with Gasteiger partial charge in [0.25, 0.3) is 0 Å². The molecule has 0 unspecified atom stereocenters. The van der Waals surface area contributed by atoms with Crippen LogP contribution in [-0.4, -0.2) is 18.9 Å². The van der Waals surface area contributed by atoms with E-state index in [0.29, 0.717) is 0 Å². The second kappa shape index (κ2) is 5.21. The molecule has 1 N–H and O–H groups in total. The summed E-state index contributed by atoms with van der Waals surface area (Å²) in [5.74, 6) is -12.6. The van der Waals surface area contributed by atoms with Crippen LogP contribution in [0.4, 0.5) is 17.6 Å². The van der Waals surface area contributed by atoms with Crippen LogP contribution in [0.1, 0.15) is 6.92 Å². The number of benzene rings is 1. The Morgan fingerprint density at radius 1 is 1.10 bits per heavy atom. The fraction of sp³-hybridized carbons (Fsp3) is 0.100. The minimum atomic E-state index is -5.56. The summed E-state index contributed by atoms with van der Waals surface area (Å²) < 4.78 is 87.2. The molecule has 0 aliphatic carbocycles. The summed E-state index contributed by atoms with van der Waals surface area (Å²) in [5.41, 5.74) is -0.330. The molecular weight excluding hydrogens is 308 g/mol. The molecule has 0 heterocycles. The summed E-state index contributed by atoms with van der Waals surface area (Å²) in [7, 11) is -5.56. The molecule has 0 saturated heterocycles. The zero-order chi connectivity index (χ0) is 15.8. The van der Waals surface area contributed by atoms with Crippen LogP contribution < -0.4 is 4.74 Å². The second-order valence-electron chi connectivity index (χ2n) is 3.56. The molecule has 0 aliphatic heterocycles. The Balaban J connectivity index is 3.61. The van der Waals surface area contributed by atoms with Crippen LogP contribution in [0.3, 0.4) is 0 Å². The average Bonchev–Trinajstić information content (AvgIpc) is 2.30. The Labute approximate surface area is 110 Å². The molecule has 0 aromatic heterocycles. The molecule has 0 radical (unpaired) electrons. The van der Waals surface area contributed by atoms with Gasteiger partial charge in [0.15, 0.2) is 16.5 Å². The van der Waals surface area contributed by atoms with E-state index in [-0.39, 0.29) is 5.57 Å². The first kappa shape index (κ1) is 16.1. The van der Waals surface area contributed by atoms with Crippen molar-refractivity contribution in [2.75, 3.05) is 0 Å². The normalized spacial score (nSPS) is 11.3. The maximum Gasteiger partial charge on any atom is 0.338 e. The summed E-state index contributed by atoms with van der Waals surface area (Å²) in [6.45, 7) is 4.16. The summed E-state index contributed by atoms with van der Waals surface area (Å²) >= 11 is 0. The lowest BCUT2D eigenvalue weighted by Gasteiger charge is -2.10. The van der Waals surface area contributed by atoms with Crippen molar-refractivity contribution in [2.24, 2.45) is 0 Å². The van der Waals surface area contributed by atoms with E-state index in [9.17, 15) is 30.8 Å². The van der Waals surface area contributed by atoms with Crippen molar-refractivity contribution in [1.82, 2.24) is 0 Å². The molecule has 0 saturated carbocycles. The number of carbonyl (C=O) groups excluding carboxylic acids is 1. The van der Waals surface area contributed by atoms with Gasteiger partial charge in [0.05, 0.1) is 0 Å². The monoisotopic (exact) mass is 314 g/mol. The molecule has 10 heteroatoms. The van der Waals surface area contributed by atoms with E-state index < -0.39 is 50.0 Å². The molecule has 1 rings (SSSR count). The SMILES string of the molecule is C=C(C)C(=O)Oc1c(F)c(F)c(S(=O)(=O)O)c(F)c1F. The van der Waals surface area contributed by atoms with Crippen LogP contribution in [0.2, 0.25) is 0 Å². The van der Waals surface area contributed by atoms with E-state index in [1.54, 1.807) is 0 Å². The Morgan fingerprint density at radius 3 is 1.80 bits per heavy atom. The number of carbonyl (C=O) groups is 1. The summed E-state index contributed by atoms with van der Waals surface area (Å²) in [6, 6.07) is 0. The fourth-order valence-electron chi connectivity index (χ4n) is 1.09. The highest BCUT2D eigenvalue weighted by Crippen LogP contribution is 2.32. The fourth-order valence-corrected chi connectivity index (χ4v) is 1.72. The molecule has 1 aromatic rings. The zero-order valence-electron chi connectivity index (χ0n) is 9.71. The molecular formula is C10H6F4O5S. The minimum absolute atomic E-state index is 0.330. The van der Waals surface area contributed by atoms with E-state index >= 15 is 0 Å². The van der Waals surface area contributed by atoms with Gasteiger partial charge in [-0.1, -0.05) is 6.58 Å². The molecule has 0 atom stereocenters. The highest BCUT2D eigenvalue weighted by molar-refractivity contribution is 7.85. The predicted octanol–water partition coefficient (Wildman–Crippen LogP) is 1.97. The number of hydrogen-bond donors (Lipinski definition) is 1. The molecule has 1 aromatic carbocycles. The van der Waals surface area contributed by atoms with Crippen molar-refractivity contribution >= 4 is 16.1 Å². The number of esters is 1. The van der Waals surface area contributed by atoms with E-state index in [1.807, 2.05) is 0 Å². The molecule has 0 aliphatic rings. The quantitative estimate of drug-likeness (QED) is 0.230. The van der Waals surface area contributed by atoms with E-state index in [2.05, 4.69) is 11.3 Å². The maximum atomic E-state index is 13.4.